The van der Waals surface area contributed by atoms with Crippen molar-refractivity contribution in [3.05, 3.63) is 58.7 Å². The molecule has 0 nitrogen and oxygen atoms in total. The summed E-state index contributed by atoms with van der Waals surface area (Å²) in [6, 6.07) is 14.5. The molecule has 0 spiro atoms. The summed E-state index contributed by atoms with van der Waals surface area (Å²) in [5.41, 5.74) is 8.40. The van der Waals surface area contributed by atoms with Gasteiger partial charge in [-0.25, -0.2) is 12.1 Å². The van der Waals surface area contributed by atoms with Crippen LogP contribution in [0.4, 0.5) is 0 Å². The molecule has 0 N–H and O–H groups in total. The third-order valence-corrected chi connectivity index (χ3v) is 13.3. The molecule has 0 heterocycles. The van der Waals surface area contributed by atoms with Gasteiger partial charge in [-0.2, -0.15) is 46.5 Å². The summed E-state index contributed by atoms with van der Waals surface area (Å²) >= 11 is 0. The van der Waals surface area contributed by atoms with Gasteiger partial charge in [-0.1, -0.05) is 289 Å². The third-order valence-electron chi connectivity index (χ3n) is 13.3. The molecule has 2 rings (SSSR count). The average molecular weight is 951 g/mol. The number of hydrogen-bond donors (Lipinski definition) is 0. The molecule has 366 valence electrons. The standard InChI is InChI=1S/2C31H57.Zr/c2*1-30(2,3)25-19-15-11-7-9-13-17-21-28-23-24-29(27-28)22-18-14-10-8-12-16-20-26-31(4,5)6;/h2*23-24,27H,7-22,25-26H2,1-6H3;/q2*-1;+2. The fourth-order valence-corrected chi connectivity index (χ4v) is 9.19. The molecule has 0 radical (unpaired) electrons. The molecule has 0 bridgehead atoms. The summed E-state index contributed by atoms with van der Waals surface area (Å²) in [6.07, 6.45) is 50.4. The Morgan fingerprint density at radius 1 is 0.286 bits per heavy atom. The number of aryl methyl sites for hydroxylation is 4. The topological polar surface area (TPSA) is 0 Å². The van der Waals surface area contributed by atoms with Gasteiger partial charge in [0.15, 0.2) is 0 Å². The summed E-state index contributed by atoms with van der Waals surface area (Å²) in [7, 11) is 0. The van der Waals surface area contributed by atoms with E-state index < -0.39 is 0 Å². The van der Waals surface area contributed by atoms with Crippen molar-refractivity contribution in [3.8, 4) is 0 Å². The van der Waals surface area contributed by atoms with Crippen molar-refractivity contribution in [3.63, 3.8) is 0 Å². The second-order valence-electron chi connectivity index (χ2n) is 25.4. The van der Waals surface area contributed by atoms with E-state index in [-0.39, 0.29) is 26.2 Å². The van der Waals surface area contributed by atoms with Crippen LogP contribution in [0, 0.1) is 21.7 Å². The van der Waals surface area contributed by atoms with Gasteiger partial charge in [-0.3, -0.25) is 0 Å². The van der Waals surface area contributed by atoms with Gasteiger partial charge in [0.2, 0.25) is 0 Å². The summed E-state index contributed by atoms with van der Waals surface area (Å²) in [4.78, 5) is 0. The van der Waals surface area contributed by atoms with Crippen LogP contribution in [0.1, 0.15) is 311 Å². The Balaban J connectivity index is 0.00000120. The molecule has 63 heavy (non-hydrogen) atoms. The van der Waals surface area contributed by atoms with Crippen LogP contribution in [-0.2, 0) is 51.9 Å². The molecular weight excluding hydrogens is 836 g/mol. The van der Waals surface area contributed by atoms with Crippen molar-refractivity contribution in [2.24, 2.45) is 21.7 Å². The first-order valence-electron chi connectivity index (χ1n) is 27.8. The fraction of sp³-hybridized carbons (Fsp3) is 0.839. The van der Waals surface area contributed by atoms with E-state index in [4.69, 9.17) is 0 Å². The van der Waals surface area contributed by atoms with E-state index in [0.29, 0.717) is 21.7 Å². The molecule has 0 amide bonds. The molecule has 0 aromatic heterocycles. The molecular formula is C62H114Zr. The Morgan fingerprint density at radius 2 is 0.492 bits per heavy atom. The number of rotatable bonds is 36. The average Bonchev–Trinajstić information content (AvgIpc) is 3.83. The molecule has 2 aromatic rings. The molecule has 0 fully saturated rings. The molecule has 1 heteroatoms. The first-order valence-corrected chi connectivity index (χ1v) is 27.8. The number of unbranched alkanes of at least 4 members (excludes halogenated alkanes) is 24. The van der Waals surface area contributed by atoms with Gasteiger partial charge in [0.1, 0.15) is 0 Å². The number of hydrogen-bond acceptors (Lipinski definition) is 0. The minimum atomic E-state index is 0. The van der Waals surface area contributed by atoms with Gasteiger partial charge in [0.05, 0.1) is 0 Å². The van der Waals surface area contributed by atoms with E-state index in [1.807, 2.05) is 0 Å². The zero-order chi connectivity index (χ0) is 46.0. The van der Waals surface area contributed by atoms with Crippen molar-refractivity contribution in [1.82, 2.24) is 0 Å². The molecule has 0 aliphatic heterocycles. The SMILES string of the molecule is CC(C)(C)CCCCCCCCCc1cc[c-](CCCCCCCCCC(C)(C)C)c1.CC(C)(C)CCCCCCCCCc1cc[c-](CCCCCCCCCC(C)(C)C)c1.[Zr+2]. The van der Waals surface area contributed by atoms with E-state index in [1.165, 1.54) is 231 Å². The summed E-state index contributed by atoms with van der Waals surface area (Å²) in [5, 5.41) is 0. The normalized spacial score (nSPS) is 12.4. The second kappa shape index (κ2) is 37.6. The first-order chi connectivity index (χ1) is 29.3. The molecule has 0 atom stereocenters. The van der Waals surface area contributed by atoms with Crippen molar-refractivity contribution >= 4 is 0 Å². The third kappa shape index (κ3) is 45.2. The minimum Gasteiger partial charge on any atom is -0.210 e. The Morgan fingerprint density at radius 3 is 0.730 bits per heavy atom. The van der Waals surface area contributed by atoms with Crippen LogP contribution in [0.5, 0.6) is 0 Å². The smallest absolute Gasteiger partial charge is 0.210 e. The van der Waals surface area contributed by atoms with Gasteiger partial charge in [-0.15, -0.1) is 0 Å². The minimum absolute atomic E-state index is 0. The fourth-order valence-electron chi connectivity index (χ4n) is 9.19. The van der Waals surface area contributed by atoms with Crippen molar-refractivity contribution < 1.29 is 26.2 Å². The predicted octanol–water partition coefficient (Wildman–Crippen LogP) is 21.6. The van der Waals surface area contributed by atoms with Gasteiger partial charge < -0.3 is 0 Å². The van der Waals surface area contributed by atoms with Crippen LogP contribution in [0.15, 0.2) is 36.4 Å². The van der Waals surface area contributed by atoms with Gasteiger partial charge in [0.25, 0.3) is 0 Å². The van der Waals surface area contributed by atoms with Crippen LogP contribution < -0.4 is 0 Å². The Labute approximate surface area is 418 Å². The van der Waals surface area contributed by atoms with E-state index >= 15 is 0 Å². The predicted molar refractivity (Wildman–Crippen MR) is 284 cm³/mol. The molecule has 0 saturated heterocycles. The van der Waals surface area contributed by atoms with Crippen LogP contribution in [-0.4, -0.2) is 0 Å². The molecule has 0 aliphatic rings. The second-order valence-corrected chi connectivity index (χ2v) is 25.4. The van der Waals surface area contributed by atoms with Crippen LogP contribution in [0.3, 0.4) is 0 Å². The Bertz CT molecular complexity index is 1050. The van der Waals surface area contributed by atoms with Crippen LogP contribution >= 0.6 is 0 Å². The largest absolute Gasteiger partial charge is 2.00 e. The summed E-state index contributed by atoms with van der Waals surface area (Å²) in [5.74, 6) is 0. The first kappa shape index (κ1) is 62.6. The van der Waals surface area contributed by atoms with Crippen molar-refractivity contribution in [2.45, 2.75) is 314 Å². The maximum atomic E-state index is 2.49. The molecule has 0 aliphatic carbocycles. The Kier molecular flexibility index (Phi) is 37.3. The van der Waals surface area contributed by atoms with Crippen LogP contribution in [0.2, 0.25) is 0 Å². The maximum absolute atomic E-state index is 2.49. The van der Waals surface area contributed by atoms with Crippen LogP contribution in [0.25, 0.3) is 0 Å². The van der Waals surface area contributed by atoms with E-state index in [0.717, 1.165) is 0 Å². The molecule has 0 unspecified atom stereocenters. The van der Waals surface area contributed by atoms with Gasteiger partial charge >= 0.3 is 26.2 Å². The zero-order valence-electron chi connectivity index (χ0n) is 45.4. The summed E-state index contributed by atoms with van der Waals surface area (Å²) in [6.45, 7) is 28.3. The van der Waals surface area contributed by atoms with E-state index in [1.54, 1.807) is 22.3 Å². The summed E-state index contributed by atoms with van der Waals surface area (Å²) < 4.78 is 0. The van der Waals surface area contributed by atoms with E-state index in [9.17, 15) is 0 Å². The molecule has 2 aromatic carbocycles. The van der Waals surface area contributed by atoms with Crippen molar-refractivity contribution in [1.29, 1.82) is 0 Å². The van der Waals surface area contributed by atoms with Gasteiger partial charge in [0, 0.05) is 0 Å². The van der Waals surface area contributed by atoms with E-state index in [2.05, 4.69) is 119 Å². The quantitative estimate of drug-likeness (QED) is 0.0472. The Hall–Kier alpha value is -0.417. The molecule has 0 saturated carbocycles. The maximum Gasteiger partial charge on any atom is 2.00 e. The van der Waals surface area contributed by atoms with Crippen molar-refractivity contribution in [2.75, 3.05) is 0 Å². The zero-order valence-corrected chi connectivity index (χ0v) is 47.9. The van der Waals surface area contributed by atoms with Gasteiger partial charge in [-0.05, 0) is 47.3 Å². The monoisotopic (exact) mass is 949 g/mol.